The minimum Gasteiger partial charge on any atom is -0.454 e. The quantitative estimate of drug-likeness (QED) is 0.178. The van der Waals surface area contributed by atoms with Crippen molar-refractivity contribution >= 4 is 23.2 Å². The molecular formula is C50H60F2N6O6. The van der Waals surface area contributed by atoms with Gasteiger partial charge in [0.05, 0.1) is 23.0 Å². The molecule has 2 atom stereocenters. The predicted octanol–water partition coefficient (Wildman–Crippen LogP) is 8.27. The molecule has 64 heavy (non-hydrogen) atoms. The Morgan fingerprint density at radius 2 is 0.922 bits per heavy atom. The summed E-state index contributed by atoms with van der Waals surface area (Å²) in [7, 11) is 0. The lowest BCUT2D eigenvalue weighted by Gasteiger charge is -2.41. The van der Waals surface area contributed by atoms with E-state index in [0.717, 1.165) is 127 Å². The second-order valence-corrected chi connectivity index (χ2v) is 18.8. The van der Waals surface area contributed by atoms with Gasteiger partial charge < -0.3 is 39.3 Å². The molecule has 4 saturated heterocycles. The number of carbonyl (C=O) groups is 2. The molecule has 2 spiro atoms. The lowest BCUT2D eigenvalue weighted by Crippen LogP contribution is -2.50. The van der Waals surface area contributed by atoms with Gasteiger partial charge in [0, 0.05) is 99.6 Å². The third-order valence-corrected chi connectivity index (χ3v) is 14.8. The lowest BCUT2D eigenvalue weighted by atomic mass is 9.78. The van der Waals surface area contributed by atoms with Gasteiger partial charge in [-0.25, -0.2) is 8.78 Å². The molecule has 2 aliphatic carbocycles. The SMILES string of the molecule is O=C1N(C2CCC(O)CC2)CC[C@@]12CCCN(c1ccc(Oc3ccncc3)c(F)c1)C2.O=C1N(C2CCC(O)CC2)CC[C@@]12CCCN(c1ccc(Oc3ccncc3)c(F)c1)C2. The maximum atomic E-state index is 14.8. The van der Waals surface area contributed by atoms with Gasteiger partial charge in [0.15, 0.2) is 23.1 Å². The Kier molecular flexibility index (Phi) is 13.0. The fraction of sp³-hybridized carbons (Fsp3) is 0.520. The monoisotopic (exact) mass is 878 g/mol. The molecule has 2 N–H and O–H groups in total. The normalized spacial score (nSPS) is 28.4. The summed E-state index contributed by atoms with van der Waals surface area (Å²) in [5.41, 5.74) is 0.819. The smallest absolute Gasteiger partial charge is 0.230 e. The van der Waals surface area contributed by atoms with Crippen molar-refractivity contribution in [3.63, 3.8) is 0 Å². The zero-order valence-corrected chi connectivity index (χ0v) is 36.5. The molecule has 4 aliphatic heterocycles. The van der Waals surface area contributed by atoms with Gasteiger partial charge in [0.1, 0.15) is 11.5 Å². The highest BCUT2D eigenvalue weighted by Gasteiger charge is 2.52. The van der Waals surface area contributed by atoms with E-state index in [4.69, 9.17) is 9.47 Å². The number of likely N-dealkylation sites (tertiary alicyclic amines) is 2. The molecule has 4 aromatic rings. The summed E-state index contributed by atoms with van der Waals surface area (Å²) in [6.07, 6.45) is 18.0. The highest BCUT2D eigenvalue weighted by atomic mass is 19.1. The van der Waals surface area contributed by atoms with Crippen LogP contribution >= 0.6 is 0 Å². The number of ether oxygens (including phenoxy) is 2. The second-order valence-electron chi connectivity index (χ2n) is 18.8. The number of aliphatic hydroxyl groups is 2. The van der Waals surface area contributed by atoms with Crippen LogP contribution in [-0.4, -0.2) is 105 Å². The molecule has 6 heterocycles. The van der Waals surface area contributed by atoms with Crippen molar-refractivity contribution in [1.29, 1.82) is 0 Å². The number of pyridine rings is 2. The summed E-state index contributed by atoms with van der Waals surface area (Å²) in [5, 5.41) is 19.6. The minimum atomic E-state index is -0.418. The zero-order valence-electron chi connectivity index (χ0n) is 36.5. The molecule has 2 aromatic carbocycles. The Bertz CT molecular complexity index is 2090. The van der Waals surface area contributed by atoms with Gasteiger partial charge in [-0.2, -0.15) is 0 Å². The number of hydrogen-bond acceptors (Lipinski definition) is 10. The average molecular weight is 879 g/mol. The third-order valence-electron chi connectivity index (χ3n) is 14.8. The van der Waals surface area contributed by atoms with Gasteiger partial charge in [-0.1, -0.05) is 0 Å². The van der Waals surface area contributed by atoms with Gasteiger partial charge in [-0.15, -0.1) is 0 Å². The van der Waals surface area contributed by atoms with Crippen molar-refractivity contribution < 1.29 is 38.1 Å². The Morgan fingerprint density at radius 1 is 0.531 bits per heavy atom. The van der Waals surface area contributed by atoms with Crippen molar-refractivity contribution in [2.24, 2.45) is 10.8 Å². The molecule has 2 saturated carbocycles. The van der Waals surface area contributed by atoms with E-state index < -0.39 is 11.6 Å². The highest BCUT2D eigenvalue weighted by molar-refractivity contribution is 5.87. The first kappa shape index (κ1) is 43.9. The second kappa shape index (κ2) is 19.0. The number of benzene rings is 2. The van der Waals surface area contributed by atoms with Crippen molar-refractivity contribution in [1.82, 2.24) is 19.8 Å². The predicted molar refractivity (Wildman–Crippen MR) is 238 cm³/mol. The van der Waals surface area contributed by atoms with E-state index in [2.05, 4.69) is 29.6 Å². The number of amides is 2. The number of piperidine rings is 2. The van der Waals surface area contributed by atoms with Gasteiger partial charge >= 0.3 is 0 Å². The number of anilines is 2. The molecule has 340 valence electrons. The topological polar surface area (TPSA) is 132 Å². The van der Waals surface area contributed by atoms with Gasteiger partial charge in [-0.05, 0) is 138 Å². The molecule has 0 radical (unpaired) electrons. The summed E-state index contributed by atoms with van der Waals surface area (Å²) < 4.78 is 40.9. The van der Waals surface area contributed by atoms with E-state index in [1.165, 1.54) is 12.1 Å². The maximum Gasteiger partial charge on any atom is 0.230 e. The Hall–Kier alpha value is -5.34. The molecule has 12 nitrogen and oxygen atoms in total. The first-order valence-corrected chi connectivity index (χ1v) is 23.3. The molecule has 10 rings (SSSR count). The largest absolute Gasteiger partial charge is 0.454 e. The first-order valence-electron chi connectivity index (χ1n) is 23.3. The maximum absolute atomic E-state index is 14.8. The summed E-state index contributed by atoms with van der Waals surface area (Å²) in [4.78, 5) is 43.3. The van der Waals surface area contributed by atoms with Crippen LogP contribution in [0.2, 0.25) is 0 Å². The van der Waals surface area contributed by atoms with E-state index in [1.54, 1.807) is 61.2 Å². The molecule has 2 aromatic heterocycles. The van der Waals surface area contributed by atoms with Crippen LogP contribution < -0.4 is 19.3 Å². The number of halogens is 2. The summed E-state index contributed by atoms with van der Waals surface area (Å²) in [6, 6.07) is 17.3. The van der Waals surface area contributed by atoms with E-state index in [9.17, 15) is 28.6 Å². The van der Waals surface area contributed by atoms with E-state index in [1.807, 2.05) is 12.1 Å². The van der Waals surface area contributed by atoms with Gasteiger partial charge in [-0.3, -0.25) is 19.6 Å². The zero-order chi connectivity index (χ0) is 44.3. The fourth-order valence-corrected chi connectivity index (χ4v) is 11.2. The van der Waals surface area contributed by atoms with Crippen LogP contribution in [0.3, 0.4) is 0 Å². The number of carbonyl (C=O) groups excluding carboxylic acids is 2. The first-order chi connectivity index (χ1) is 31.1. The minimum absolute atomic E-state index is 0.175. The van der Waals surface area contributed by atoms with Gasteiger partial charge in [0.2, 0.25) is 11.8 Å². The number of nitrogens with zero attached hydrogens (tertiary/aromatic N) is 6. The van der Waals surface area contributed by atoms with Crippen molar-refractivity contribution in [3.05, 3.63) is 97.1 Å². The Balaban J connectivity index is 0.000000162. The molecule has 6 fully saturated rings. The Labute approximate surface area is 374 Å². The van der Waals surface area contributed by atoms with E-state index >= 15 is 0 Å². The third kappa shape index (κ3) is 9.40. The van der Waals surface area contributed by atoms with Crippen molar-refractivity contribution in [2.45, 2.75) is 114 Å². The number of hydrogen-bond donors (Lipinski definition) is 2. The molecule has 0 bridgehead atoms. The van der Waals surface area contributed by atoms with Crippen LogP contribution in [0.15, 0.2) is 85.5 Å². The van der Waals surface area contributed by atoms with E-state index in [-0.39, 0.29) is 58.4 Å². The van der Waals surface area contributed by atoms with Gasteiger partial charge in [0.25, 0.3) is 0 Å². The molecule has 6 aliphatic rings. The van der Waals surface area contributed by atoms with Crippen LogP contribution in [0, 0.1) is 22.5 Å². The highest BCUT2D eigenvalue weighted by Crippen LogP contribution is 2.46. The van der Waals surface area contributed by atoms with Crippen LogP contribution in [0.1, 0.15) is 89.9 Å². The molecule has 14 heteroatoms. The number of aliphatic hydroxyl groups excluding tert-OH is 2. The van der Waals surface area contributed by atoms with Crippen LogP contribution in [0.5, 0.6) is 23.0 Å². The number of rotatable bonds is 8. The average Bonchev–Trinajstić information content (AvgIpc) is 3.79. The fourth-order valence-electron chi connectivity index (χ4n) is 11.2. The molecule has 0 unspecified atom stereocenters. The van der Waals surface area contributed by atoms with Crippen LogP contribution in [-0.2, 0) is 9.59 Å². The summed E-state index contributed by atoms with van der Waals surface area (Å²) >= 11 is 0. The molecular weight excluding hydrogens is 819 g/mol. The van der Waals surface area contributed by atoms with Crippen molar-refractivity contribution in [2.75, 3.05) is 49.1 Å². The summed E-state index contributed by atoms with van der Waals surface area (Å²) in [5.74, 6) is 1.09. The molecule has 2 amide bonds. The van der Waals surface area contributed by atoms with E-state index in [0.29, 0.717) is 24.6 Å². The standard InChI is InChI=1S/2C25H30FN3O3/c2*26-22-16-19(4-7-23(22)32-21-8-12-27-13-9-21)28-14-1-10-25(17-28)11-15-29(24(25)31)18-2-5-20(30)6-3-18/h2*4,7-9,12-13,16,18,20,30H,1-3,5-6,10-11,14-15,17H2/t2*18?,20?,25-/m11/s1. The van der Waals surface area contributed by atoms with Crippen molar-refractivity contribution in [3.8, 4) is 23.0 Å². The Morgan fingerprint density at radius 3 is 1.30 bits per heavy atom. The van der Waals surface area contributed by atoms with Crippen LogP contribution in [0.25, 0.3) is 0 Å². The number of aromatic nitrogens is 2. The lowest BCUT2D eigenvalue weighted by molar-refractivity contribution is -0.140. The van der Waals surface area contributed by atoms with Crippen LogP contribution in [0.4, 0.5) is 20.2 Å². The summed E-state index contributed by atoms with van der Waals surface area (Å²) in [6.45, 7) is 4.47.